The molecule has 1 aromatic heterocycles. The lowest BCUT2D eigenvalue weighted by molar-refractivity contribution is 0.0601. The third-order valence-electron chi connectivity index (χ3n) is 4.78. The molecule has 0 bridgehead atoms. The van der Waals surface area contributed by atoms with Crippen molar-refractivity contribution in [3.63, 3.8) is 0 Å². The zero-order valence-electron chi connectivity index (χ0n) is 15.2. The number of hydrogen-bond acceptors (Lipinski definition) is 5. The molecular weight excluding hydrogens is 302 g/mol. The van der Waals surface area contributed by atoms with E-state index in [9.17, 15) is 4.79 Å². The Morgan fingerprint density at radius 1 is 1.38 bits per heavy atom. The molecule has 1 saturated carbocycles. The van der Waals surface area contributed by atoms with Crippen LogP contribution in [0.1, 0.15) is 67.8 Å². The van der Waals surface area contributed by atoms with Crippen LogP contribution >= 0.6 is 0 Å². The largest absolute Gasteiger partial charge is 0.465 e. The number of carbonyl (C=O) groups excluding carboxylic acids is 1. The lowest BCUT2D eigenvalue weighted by Crippen LogP contribution is -2.40. The first-order chi connectivity index (χ1) is 11.6. The van der Waals surface area contributed by atoms with E-state index in [-0.39, 0.29) is 5.97 Å². The molecule has 2 rings (SSSR count). The quantitative estimate of drug-likeness (QED) is 0.711. The minimum absolute atomic E-state index is 0.346. The summed E-state index contributed by atoms with van der Waals surface area (Å²) >= 11 is 0. The molecule has 0 aliphatic heterocycles. The normalized spacial score (nSPS) is 16.6. The number of pyridine rings is 1. The molecule has 1 aliphatic rings. The fourth-order valence-electron chi connectivity index (χ4n) is 3.35. The Morgan fingerprint density at radius 2 is 2.12 bits per heavy atom. The maximum absolute atomic E-state index is 11.9. The van der Waals surface area contributed by atoms with Crippen molar-refractivity contribution in [2.45, 2.75) is 70.9 Å². The van der Waals surface area contributed by atoms with E-state index in [1.165, 1.54) is 39.2 Å². The van der Waals surface area contributed by atoms with Crippen LogP contribution < -0.4 is 10.6 Å². The molecule has 24 heavy (non-hydrogen) atoms. The monoisotopic (exact) mass is 333 g/mol. The summed E-state index contributed by atoms with van der Waals surface area (Å²) in [6.07, 6.45) is 10.6. The van der Waals surface area contributed by atoms with Gasteiger partial charge >= 0.3 is 5.97 Å². The second kappa shape index (κ2) is 9.62. The molecule has 0 amide bonds. The van der Waals surface area contributed by atoms with Crippen molar-refractivity contribution in [2.24, 2.45) is 0 Å². The Balaban J connectivity index is 1.86. The molecule has 5 nitrogen and oxygen atoms in total. The van der Waals surface area contributed by atoms with Crippen LogP contribution in [0.25, 0.3) is 0 Å². The summed E-state index contributed by atoms with van der Waals surface area (Å²) in [7, 11) is 1.40. The number of ether oxygens (including phenoxy) is 1. The van der Waals surface area contributed by atoms with Crippen LogP contribution in [0, 0.1) is 6.92 Å². The zero-order valence-corrected chi connectivity index (χ0v) is 15.2. The van der Waals surface area contributed by atoms with Crippen LogP contribution in [-0.4, -0.2) is 36.7 Å². The number of rotatable bonds is 8. The highest BCUT2D eigenvalue weighted by atomic mass is 16.5. The highest BCUT2D eigenvalue weighted by molar-refractivity contribution is 5.94. The Morgan fingerprint density at radius 3 is 2.79 bits per heavy atom. The van der Waals surface area contributed by atoms with E-state index in [0.717, 1.165) is 24.9 Å². The SMILES string of the molecule is CCC(CCNc1ncc(C)cc1C(=O)OC)NC1CCCCC1. The van der Waals surface area contributed by atoms with Crippen LogP contribution in [-0.2, 0) is 4.74 Å². The van der Waals surface area contributed by atoms with Gasteiger partial charge in [0.15, 0.2) is 0 Å². The Hall–Kier alpha value is -1.62. The molecule has 1 atom stereocenters. The highest BCUT2D eigenvalue weighted by Crippen LogP contribution is 2.19. The van der Waals surface area contributed by atoms with Crippen LogP contribution in [0.2, 0.25) is 0 Å². The Labute approximate surface area is 145 Å². The van der Waals surface area contributed by atoms with Gasteiger partial charge in [0.05, 0.1) is 7.11 Å². The van der Waals surface area contributed by atoms with E-state index in [2.05, 4.69) is 22.5 Å². The molecule has 1 unspecified atom stereocenters. The van der Waals surface area contributed by atoms with Gasteiger partial charge in [-0.15, -0.1) is 0 Å². The van der Waals surface area contributed by atoms with Gasteiger partial charge in [0.2, 0.25) is 0 Å². The molecule has 0 radical (unpaired) electrons. The van der Waals surface area contributed by atoms with E-state index in [0.29, 0.717) is 23.5 Å². The molecule has 134 valence electrons. The molecule has 0 aromatic carbocycles. The lowest BCUT2D eigenvalue weighted by Gasteiger charge is -2.28. The van der Waals surface area contributed by atoms with Crippen molar-refractivity contribution in [2.75, 3.05) is 19.0 Å². The van der Waals surface area contributed by atoms with E-state index >= 15 is 0 Å². The fraction of sp³-hybridized carbons (Fsp3) is 0.684. The third-order valence-corrected chi connectivity index (χ3v) is 4.78. The topological polar surface area (TPSA) is 63.2 Å². The van der Waals surface area contributed by atoms with Gasteiger partial charge in [0, 0.05) is 24.8 Å². The summed E-state index contributed by atoms with van der Waals surface area (Å²) in [5.74, 6) is 0.265. The molecule has 2 N–H and O–H groups in total. The van der Waals surface area contributed by atoms with Gasteiger partial charge < -0.3 is 15.4 Å². The summed E-state index contributed by atoms with van der Waals surface area (Å²) in [6, 6.07) is 3.00. The van der Waals surface area contributed by atoms with E-state index < -0.39 is 0 Å². The molecule has 1 aliphatic carbocycles. The zero-order chi connectivity index (χ0) is 17.4. The van der Waals surface area contributed by atoms with Gasteiger partial charge in [-0.25, -0.2) is 9.78 Å². The summed E-state index contributed by atoms with van der Waals surface area (Å²) < 4.78 is 4.85. The first-order valence-corrected chi connectivity index (χ1v) is 9.19. The summed E-state index contributed by atoms with van der Waals surface area (Å²) in [5, 5.41) is 7.10. The summed E-state index contributed by atoms with van der Waals surface area (Å²) in [6.45, 7) is 4.94. The molecule has 0 spiro atoms. The maximum Gasteiger partial charge on any atom is 0.341 e. The second-order valence-electron chi connectivity index (χ2n) is 6.72. The van der Waals surface area contributed by atoms with Crippen LogP contribution in [0.5, 0.6) is 0 Å². The average Bonchev–Trinajstić information content (AvgIpc) is 2.62. The number of methoxy groups -OCH3 is 1. The van der Waals surface area contributed by atoms with Crippen molar-refractivity contribution in [3.05, 3.63) is 23.4 Å². The Kier molecular flexibility index (Phi) is 7.50. The second-order valence-corrected chi connectivity index (χ2v) is 6.72. The molecule has 1 heterocycles. The molecule has 5 heteroatoms. The average molecular weight is 333 g/mol. The Bertz CT molecular complexity index is 527. The molecule has 1 aromatic rings. The van der Waals surface area contributed by atoms with Crippen molar-refractivity contribution in [1.29, 1.82) is 0 Å². The van der Waals surface area contributed by atoms with Crippen molar-refractivity contribution < 1.29 is 9.53 Å². The van der Waals surface area contributed by atoms with Crippen LogP contribution in [0.15, 0.2) is 12.3 Å². The van der Waals surface area contributed by atoms with Gasteiger partial charge in [-0.05, 0) is 44.2 Å². The van der Waals surface area contributed by atoms with Crippen molar-refractivity contribution in [1.82, 2.24) is 10.3 Å². The number of carbonyl (C=O) groups is 1. The van der Waals surface area contributed by atoms with Gasteiger partial charge in [-0.1, -0.05) is 26.2 Å². The van der Waals surface area contributed by atoms with Gasteiger partial charge in [-0.3, -0.25) is 0 Å². The maximum atomic E-state index is 11.9. The fourth-order valence-corrected chi connectivity index (χ4v) is 3.35. The predicted octanol–water partition coefficient (Wildman–Crippen LogP) is 3.68. The van der Waals surface area contributed by atoms with Gasteiger partial charge in [-0.2, -0.15) is 0 Å². The number of esters is 1. The van der Waals surface area contributed by atoms with E-state index in [1.807, 2.05) is 13.0 Å². The number of hydrogen-bond donors (Lipinski definition) is 2. The van der Waals surface area contributed by atoms with E-state index in [4.69, 9.17) is 4.74 Å². The minimum Gasteiger partial charge on any atom is -0.465 e. The van der Waals surface area contributed by atoms with Gasteiger partial charge in [0.25, 0.3) is 0 Å². The summed E-state index contributed by atoms with van der Waals surface area (Å²) in [5.41, 5.74) is 1.46. The minimum atomic E-state index is -0.346. The van der Waals surface area contributed by atoms with Crippen LogP contribution in [0.4, 0.5) is 5.82 Å². The van der Waals surface area contributed by atoms with Crippen molar-refractivity contribution >= 4 is 11.8 Å². The number of nitrogens with zero attached hydrogens (tertiary/aromatic N) is 1. The number of aromatic nitrogens is 1. The summed E-state index contributed by atoms with van der Waals surface area (Å²) in [4.78, 5) is 16.2. The standard InChI is InChI=1S/C19H31N3O2/c1-4-15(22-16-8-6-5-7-9-16)10-11-20-18-17(19(23)24-3)12-14(2)13-21-18/h12-13,15-16,22H,4-11H2,1-3H3,(H,20,21). The number of anilines is 1. The van der Waals surface area contributed by atoms with E-state index in [1.54, 1.807) is 6.20 Å². The lowest BCUT2D eigenvalue weighted by atomic mass is 9.94. The molecular formula is C19H31N3O2. The highest BCUT2D eigenvalue weighted by Gasteiger charge is 2.17. The number of aryl methyl sites for hydroxylation is 1. The van der Waals surface area contributed by atoms with Gasteiger partial charge in [0.1, 0.15) is 11.4 Å². The molecule has 0 saturated heterocycles. The van der Waals surface area contributed by atoms with Crippen LogP contribution in [0.3, 0.4) is 0 Å². The third kappa shape index (κ3) is 5.48. The first kappa shape index (κ1) is 18.7. The van der Waals surface area contributed by atoms with Crippen molar-refractivity contribution in [3.8, 4) is 0 Å². The molecule has 1 fully saturated rings. The predicted molar refractivity (Wildman–Crippen MR) is 97.5 cm³/mol. The first-order valence-electron chi connectivity index (χ1n) is 9.19. The number of nitrogens with one attached hydrogen (secondary N) is 2. The smallest absolute Gasteiger partial charge is 0.341 e.